The van der Waals surface area contributed by atoms with E-state index >= 15 is 0 Å². The Balaban J connectivity index is 2.45. The van der Waals surface area contributed by atoms with Crippen molar-refractivity contribution in [2.75, 3.05) is 19.8 Å². The third-order valence-corrected chi connectivity index (χ3v) is 2.92. The van der Waals surface area contributed by atoms with Crippen LogP contribution in [0.15, 0.2) is 30.3 Å². The van der Waals surface area contributed by atoms with Crippen LogP contribution in [0.25, 0.3) is 0 Å². The summed E-state index contributed by atoms with van der Waals surface area (Å²) in [4.78, 5) is 11.9. The van der Waals surface area contributed by atoms with E-state index in [4.69, 9.17) is 21.1 Å². The maximum Gasteiger partial charge on any atom is 0.242 e. The van der Waals surface area contributed by atoms with Gasteiger partial charge in [0.2, 0.25) is 5.91 Å². The molecule has 0 spiro atoms. The molecule has 1 aromatic carbocycles. The standard InChI is InChI=1S/C14H20ClNO3/c1-3-18-12(19-4-2)10-16-14(17)13(15)11-8-6-5-7-9-11/h5-9,12-13H,3-4,10H2,1-2H3,(H,16,17). The Morgan fingerprint density at radius 2 is 1.79 bits per heavy atom. The minimum atomic E-state index is -0.704. The average molecular weight is 286 g/mol. The summed E-state index contributed by atoms with van der Waals surface area (Å²) in [7, 11) is 0. The quantitative estimate of drug-likeness (QED) is 0.590. The molecule has 0 aromatic heterocycles. The summed E-state index contributed by atoms with van der Waals surface area (Å²) in [5, 5.41) is 2.03. The molecular weight excluding hydrogens is 266 g/mol. The van der Waals surface area contributed by atoms with Gasteiger partial charge in [-0.3, -0.25) is 4.79 Å². The summed E-state index contributed by atoms with van der Waals surface area (Å²) < 4.78 is 10.7. The van der Waals surface area contributed by atoms with E-state index in [1.54, 1.807) is 0 Å². The number of carbonyl (C=O) groups is 1. The Hall–Kier alpha value is -1.10. The lowest BCUT2D eigenvalue weighted by Crippen LogP contribution is -2.37. The van der Waals surface area contributed by atoms with Crippen LogP contribution in [0.2, 0.25) is 0 Å². The summed E-state index contributed by atoms with van der Waals surface area (Å²) in [6, 6.07) is 9.22. The number of ether oxygens (including phenoxy) is 2. The lowest BCUT2D eigenvalue weighted by Gasteiger charge is -2.18. The first kappa shape index (κ1) is 16.0. The summed E-state index contributed by atoms with van der Waals surface area (Å²) in [5.41, 5.74) is 0.769. The van der Waals surface area contributed by atoms with Gasteiger partial charge in [-0.25, -0.2) is 0 Å². The molecule has 0 aliphatic rings. The number of rotatable bonds is 8. The molecule has 19 heavy (non-hydrogen) atoms. The van der Waals surface area contributed by atoms with Gasteiger partial charge in [0, 0.05) is 13.2 Å². The molecule has 1 amide bonds. The fourth-order valence-electron chi connectivity index (χ4n) is 1.58. The largest absolute Gasteiger partial charge is 0.351 e. The highest BCUT2D eigenvalue weighted by molar-refractivity contribution is 6.30. The molecule has 1 aromatic rings. The Morgan fingerprint density at radius 1 is 1.21 bits per heavy atom. The predicted octanol–water partition coefficient (Wildman–Crippen LogP) is 2.48. The normalized spacial score (nSPS) is 12.4. The molecule has 1 N–H and O–H groups in total. The average Bonchev–Trinajstić information content (AvgIpc) is 2.45. The van der Waals surface area contributed by atoms with Gasteiger partial charge in [0.05, 0.1) is 6.54 Å². The molecule has 0 aliphatic heterocycles. The van der Waals surface area contributed by atoms with Crippen molar-refractivity contribution in [3.05, 3.63) is 35.9 Å². The van der Waals surface area contributed by atoms with Gasteiger partial charge in [-0.05, 0) is 19.4 Å². The van der Waals surface area contributed by atoms with Gasteiger partial charge in [0.15, 0.2) is 6.29 Å². The summed E-state index contributed by atoms with van der Waals surface area (Å²) >= 11 is 6.10. The summed E-state index contributed by atoms with van der Waals surface area (Å²) in [6.45, 7) is 5.11. The molecule has 0 saturated heterocycles. The van der Waals surface area contributed by atoms with Crippen molar-refractivity contribution < 1.29 is 14.3 Å². The van der Waals surface area contributed by atoms with Gasteiger partial charge in [0.25, 0.3) is 0 Å². The molecular formula is C14H20ClNO3. The Labute approximate surface area is 119 Å². The molecule has 1 unspecified atom stereocenters. The summed E-state index contributed by atoms with van der Waals surface area (Å²) in [5.74, 6) is -0.253. The Bertz CT molecular complexity index is 366. The molecule has 106 valence electrons. The van der Waals surface area contributed by atoms with E-state index in [-0.39, 0.29) is 12.5 Å². The maximum atomic E-state index is 11.9. The molecule has 0 radical (unpaired) electrons. The predicted molar refractivity (Wildman–Crippen MR) is 75.1 cm³/mol. The van der Waals surface area contributed by atoms with Crippen LogP contribution in [0.3, 0.4) is 0 Å². The highest BCUT2D eigenvalue weighted by atomic mass is 35.5. The van der Waals surface area contributed by atoms with Crippen molar-refractivity contribution in [1.82, 2.24) is 5.32 Å². The third-order valence-electron chi connectivity index (χ3n) is 2.47. The number of amides is 1. The molecule has 4 nitrogen and oxygen atoms in total. The first-order valence-corrected chi connectivity index (χ1v) is 6.82. The van der Waals surface area contributed by atoms with Crippen molar-refractivity contribution in [2.24, 2.45) is 0 Å². The van der Waals surface area contributed by atoms with Crippen molar-refractivity contribution in [2.45, 2.75) is 25.5 Å². The highest BCUT2D eigenvalue weighted by Gasteiger charge is 2.18. The van der Waals surface area contributed by atoms with Gasteiger partial charge >= 0.3 is 0 Å². The zero-order valence-electron chi connectivity index (χ0n) is 11.3. The second-order valence-corrected chi connectivity index (χ2v) is 4.30. The van der Waals surface area contributed by atoms with Gasteiger partial charge in [-0.1, -0.05) is 30.3 Å². The number of alkyl halides is 1. The van der Waals surface area contributed by atoms with Crippen LogP contribution >= 0.6 is 11.6 Å². The van der Waals surface area contributed by atoms with E-state index in [0.717, 1.165) is 5.56 Å². The number of carbonyl (C=O) groups excluding carboxylic acids is 1. The molecule has 1 atom stereocenters. The van der Waals surface area contributed by atoms with Gasteiger partial charge < -0.3 is 14.8 Å². The van der Waals surface area contributed by atoms with Gasteiger partial charge in [-0.2, -0.15) is 0 Å². The van der Waals surface area contributed by atoms with E-state index in [9.17, 15) is 4.79 Å². The Morgan fingerprint density at radius 3 is 2.32 bits per heavy atom. The minimum absolute atomic E-state index is 0.253. The van der Waals surface area contributed by atoms with E-state index in [1.807, 2.05) is 44.2 Å². The van der Waals surface area contributed by atoms with Crippen LogP contribution < -0.4 is 5.32 Å². The molecule has 0 heterocycles. The van der Waals surface area contributed by atoms with E-state index < -0.39 is 11.7 Å². The van der Waals surface area contributed by atoms with E-state index in [1.165, 1.54) is 0 Å². The van der Waals surface area contributed by atoms with Crippen LogP contribution in [0, 0.1) is 0 Å². The molecule has 0 saturated carbocycles. The van der Waals surface area contributed by atoms with Gasteiger partial charge in [0.1, 0.15) is 5.38 Å². The van der Waals surface area contributed by atoms with Gasteiger partial charge in [-0.15, -0.1) is 11.6 Å². The van der Waals surface area contributed by atoms with Crippen LogP contribution in [0.1, 0.15) is 24.8 Å². The lowest BCUT2D eigenvalue weighted by atomic mass is 10.1. The molecule has 0 bridgehead atoms. The fraction of sp³-hybridized carbons (Fsp3) is 0.500. The maximum absolute atomic E-state index is 11.9. The minimum Gasteiger partial charge on any atom is -0.351 e. The number of halogens is 1. The fourth-order valence-corrected chi connectivity index (χ4v) is 1.81. The molecule has 5 heteroatoms. The number of hydrogen-bond acceptors (Lipinski definition) is 3. The zero-order chi connectivity index (χ0) is 14.1. The van der Waals surface area contributed by atoms with Crippen molar-refractivity contribution in [3.8, 4) is 0 Å². The number of hydrogen-bond donors (Lipinski definition) is 1. The topological polar surface area (TPSA) is 47.6 Å². The van der Waals surface area contributed by atoms with Crippen molar-refractivity contribution >= 4 is 17.5 Å². The number of benzene rings is 1. The number of nitrogens with one attached hydrogen (secondary N) is 1. The van der Waals surface area contributed by atoms with E-state index in [2.05, 4.69) is 5.32 Å². The molecule has 0 aliphatic carbocycles. The third kappa shape index (κ3) is 5.59. The molecule has 0 fully saturated rings. The smallest absolute Gasteiger partial charge is 0.242 e. The summed E-state index contributed by atoms with van der Waals surface area (Å²) in [6.07, 6.45) is -0.432. The van der Waals surface area contributed by atoms with Crippen LogP contribution in [0.4, 0.5) is 0 Å². The monoisotopic (exact) mass is 285 g/mol. The van der Waals surface area contributed by atoms with Crippen LogP contribution in [-0.4, -0.2) is 32.0 Å². The zero-order valence-corrected chi connectivity index (χ0v) is 12.0. The second-order valence-electron chi connectivity index (χ2n) is 3.86. The first-order chi connectivity index (χ1) is 9.19. The SMILES string of the molecule is CCOC(CNC(=O)C(Cl)c1ccccc1)OCC. The molecule has 1 rings (SSSR count). The highest BCUT2D eigenvalue weighted by Crippen LogP contribution is 2.19. The van der Waals surface area contributed by atoms with Crippen LogP contribution in [-0.2, 0) is 14.3 Å². The van der Waals surface area contributed by atoms with E-state index in [0.29, 0.717) is 13.2 Å². The van der Waals surface area contributed by atoms with Crippen molar-refractivity contribution in [1.29, 1.82) is 0 Å². The lowest BCUT2D eigenvalue weighted by molar-refractivity contribution is -0.140. The second kappa shape index (κ2) is 8.91. The van der Waals surface area contributed by atoms with Crippen molar-refractivity contribution in [3.63, 3.8) is 0 Å². The van der Waals surface area contributed by atoms with Crippen LogP contribution in [0.5, 0.6) is 0 Å². The Kier molecular flexibility index (Phi) is 7.48. The first-order valence-electron chi connectivity index (χ1n) is 6.39.